The Morgan fingerprint density at radius 3 is 2.25 bits per heavy atom. The molecule has 0 radical (unpaired) electrons. The topological polar surface area (TPSA) is 76.5 Å². The summed E-state index contributed by atoms with van der Waals surface area (Å²) in [6.07, 6.45) is 11.2. The molecule has 0 unspecified atom stereocenters. The van der Waals surface area contributed by atoms with Crippen molar-refractivity contribution < 1.29 is 15.0 Å². The number of piperidine rings is 1. The second-order valence-corrected chi connectivity index (χ2v) is 7.71. The smallest absolute Gasteiger partial charge is 0.0730 e. The summed E-state index contributed by atoms with van der Waals surface area (Å²) in [4.78, 5) is 16.3. The highest BCUT2D eigenvalue weighted by Crippen LogP contribution is 2.43. The van der Waals surface area contributed by atoms with Crippen molar-refractivity contribution in [3.8, 4) is 0 Å². The molecule has 1 saturated heterocycles. The van der Waals surface area contributed by atoms with Crippen LogP contribution in [0.25, 0.3) is 0 Å². The lowest BCUT2D eigenvalue weighted by Crippen LogP contribution is -2.51. The fraction of sp³-hybridized carbons (Fsp3) is 0.478. The first kappa shape index (κ1) is 20.5. The number of aliphatic hydroxyl groups is 1. The molecule has 1 N–H and O–H groups in total. The van der Waals surface area contributed by atoms with E-state index in [1.807, 2.05) is 0 Å². The van der Waals surface area contributed by atoms with E-state index in [0.717, 1.165) is 25.9 Å². The normalized spacial score (nSPS) is 20.0. The fourth-order valence-corrected chi connectivity index (χ4v) is 4.45. The quantitative estimate of drug-likeness (QED) is 0.885. The number of carboxylic acids is 1. The van der Waals surface area contributed by atoms with E-state index >= 15 is 0 Å². The number of aliphatic hydroxyl groups excluding tert-OH is 1. The van der Waals surface area contributed by atoms with Gasteiger partial charge in [0.05, 0.1) is 12.1 Å². The number of benzene rings is 1. The molecule has 150 valence electrons. The molecule has 1 saturated carbocycles. The molecular formula is C23H29N2O3-. The van der Waals surface area contributed by atoms with Gasteiger partial charge in [0.15, 0.2) is 0 Å². The molecule has 2 heterocycles. The Morgan fingerprint density at radius 2 is 1.71 bits per heavy atom. The lowest BCUT2D eigenvalue weighted by Gasteiger charge is -2.49. The third-order valence-electron chi connectivity index (χ3n) is 5.96. The zero-order valence-corrected chi connectivity index (χ0v) is 16.3. The van der Waals surface area contributed by atoms with Gasteiger partial charge in [0, 0.05) is 36.6 Å². The van der Waals surface area contributed by atoms with Crippen LogP contribution in [0.4, 0.5) is 0 Å². The summed E-state index contributed by atoms with van der Waals surface area (Å²) in [7, 11) is 0. The van der Waals surface area contributed by atoms with Crippen molar-refractivity contribution in [2.24, 2.45) is 0 Å². The summed E-state index contributed by atoms with van der Waals surface area (Å²) < 4.78 is 0. The molecule has 1 aliphatic carbocycles. The Balaban J connectivity index is 0.000000211. The van der Waals surface area contributed by atoms with Crippen molar-refractivity contribution >= 4 is 5.97 Å². The fourth-order valence-electron chi connectivity index (χ4n) is 4.45. The Labute approximate surface area is 167 Å². The molecule has 5 heteroatoms. The van der Waals surface area contributed by atoms with E-state index < -0.39 is 5.97 Å². The lowest BCUT2D eigenvalue weighted by atomic mass is 9.74. The van der Waals surface area contributed by atoms with Gasteiger partial charge in [0.2, 0.25) is 0 Å². The summed E-state index contributed by atoms with van der Waals surface area (Å²) >= 11 is 0. The average molecular weight is 381 g/mol. The molecule has 0 bridgehead atoms. The maximum absolute atomic E-state index is 10.0. The summed E-state index contributed by atoms with van der Waals surface area (Å²) in [6.45, 7) is 2.10. The van der Waals surface area contributed by atoms with Crippen LogP contribution in [0.15, 0.2) is 54.9 Å². The van der Waals surface area contributed by atoms with E-state index in [2.05, 4.69) is 40.2 Å². The number of carbonyl (C=O) groups is 1. The number of rotatable bonds is 3. The maximum atomic E-state index is 10.0. The molecule has 1 aliphatic heterocycles. The van der Waals surface area contributed by atoms with Gasteiger partial charge in [-0.05, 0) is 37.3 Å². The van der Waals surface area contributed by atoms with Crippen LogP contribution in [0.5, 0.6) is 0 Å². The largest absolute Gasteiger partial charge is 0.545 e. The molecule has 1 aromatic carbocycles. The number of carboxylic acid groups (broad SMARTS) is 1. The third-order valence-corrected chi connectivity index (χ3v) is 5.96. The van der Waals surface area contributed by atoms with Crippen LogP contribution in [0.2, 0.25) is 0 Å². The maximum Gasteiger partial charge on any atom is 0.0730 e. The molecular weight excluding hydrogens is 352 g/mol. The lowest BCUT2D eigenvalue weighted by molar-refractivity contribution is -0.255. The summed E-state index contributed by atoms with van der Waals surface area (Å²) in [5.41, 5.74) is 1.85. The van der Waals surface area contributed by atoms with E-state index in [0.29, 0.717) is 0 Å². The first-order chi connectivity index (χ1) is 13.6. The molecule has 2 aliphatic rings. The highest BCUT2D eigenvalue weighted by molar-refractivity contribution is 5.85. The van der Waals surface area contributed by atoms with Gasteiger partial charge in [-0.15, -0.1) is 0 Å². The standard InChI is InChI=1S/C17H25NO.C6H5NO2/c19-16-9-13-18(14-10-16)17(11-5-2-6-12-17)15-7-3-1-4-8-15;8-6(9)5-2-1-3-7-4-5/h1,3-4,7-8,16,19H,2,5-6,9-14H2;1-4H,(H,8,9)/p-1. The predicted octanol–water partition coefficient (Wildman–Crippen LogP) is 2.75. The van der Waals surface area contributed by atoms with Crippen molar-refractivity contribution in [2.75, 3.05) is 13.1 Å². The van der Waals surface area contributed by atoms with Gasteiger partial charge in [0.25, 0.3) is 0 Å². The van der Waals surface area contributed by atoms with Crippen LogP contribution in [0.1, 0.15) is 60.9 Å². The van der Waals surface area contributed by atoms with E-state index in [1.54, 1.807) is 6.07 Å². The minimum absolute atomic E-state index is 0.0762. The van der Waals surface area contributed by atoms with Crippen molar-refractivity contribution in [2.45, 2.75) is 56.6 Å². The zero-order chi connectivity index (χ0) is 19.8. The Bertz CT molecular complexity index is 722. The van der Waals surface area contributed by atoms with Crippen molar-refractivity contribution in [1.82, 2.24) is 9.88 Å². The Morgan fingerprint density at radius 1 is 1.04 bits per heavy atom. The van der Waals surface area contributed by atoms with Crippen LogP contribution in [0, 0.1) is 0 Å². The van der Waals surface area contributed by atoms with E-state index in [-0.39, 0.29) is 17.2 Å². The summed E-state index contributed by atoms with van der Waals surface area (Å²) in [5.74, 6) is -1.19. The van der Waals surface area contributed by atoms with Crippen LogP contribution in [0.3, 0.4) is 0 Å². The number of hydrogen-bond donors (Lipinski definition) is 1. The minimum atomic E-state index is -1.19. The highest BCUT2D eigenvalue weighted by atomic mass is 16.4. The van der Waals surface area contributed by atoms with Crippen LogP contribution in [-0.4, -0.2) is 40.2 Å². The Kier molecular flexibility index (Phi) is 7.18. The third kappa shape index (κ3) is 4.97. The van der Waals surface area contributed by atoms with Gasteiger partial charge in [0.1, 0.15) is 0 Å². The van der Waals surface area contributed by atoms with Gasteiger partial charge in [-0.2, -0.15) is 0 Å². The van der Waals surface area contributed by atoms with Gasteiger partial charge >= 0.3 is 0 Å². The van der Waals surface area contributed by atoms with Crippen molar-refractivity contribution in [3.05, 3.63) is 66.0 Å². The van der Waals surface area contributed by atoms with Crippen LogP contribution in [-0.2, 0) is 5.54 Å². The van der Waals surface area contributed by atoms with Crippen LogP contribution < -0.4 is 5.11 Å². The predicted molar refractivity (Wildman–Crippen MR) is 107 cm³/mol. The summed E-state index contributed by atoms with van der Waals surface area (Å²) in [5, 5.41) is 19.8. The second kappa shape index (κ2) is 9.80. The molecule has 1 aromatic heterocycles. The number of nitrogens with zero attached hydrogens (tertiary/aromatic N) is 2. The average Bonchev–Trinajstić information content (AvgIpc) is 2.76. The number of carbonyl (C=O) groups excluding carboxylic acids is 1. The molecule has 5 nitrogen and oxygen atoms in total. The molecule has 28 heavy (non-hydrogen) atoms. The number of hydrogen-bond acceptors (Lipinski definition) is 5. The first-order valence-corrected chi connectivity index (χ1v) is 10.2. The Hall–Kier alpha value is -2.24. The number of aromatic nitrogens is 1. The zero-order valence-electron chi connectivity index (χ0n) is 16.3. The van der Waals surface area contributed by atoms with Crippen molar-refractivity contribution in [3.63, 3.8) is 0 Å². The van der Waals surface area contributed by atoms with E-state index in [4.69, 9.17) is 0 Å². The second-order valence-electron chi connectivity index (χ2n) is 7.71. The summed E-state index contributed by atoms with van der Waals surface area (Å²) in [6, 6.07) is 14.0. The monoisotopic (exact) mass is 381 g/mol. The minimum Gasteiger partial charge on any atom is -0.545 e. The molecule has 2 aromatic rings. The number of pyridine rings is 1. The van der Waals surface area contributed by atoms with Gasteiger partial charge in [-0.25, -0.2) is 0 Å². The van der Waals surface area contributed by atoms with E-state index in [9.17, 15) is 15.0 Å². The van der Waals surface area contributed by atoms with Gasteiger partial charge in [-0.3, -0.25) is 9.88 Å². The highest BCUT2D eigenvalue weighted by Gasteiger charge is 2.40. The first-order valence-electron chi connectivity index (χ1n) is 10.2. The number of aromatic carboxylic acids is 1. The van der Waals surface area contributed by atoms with Crippen LogP contribution >= 0.6 is 0 Å². The molecule has 0 spiro atoms. The van der Waals surface area contributed by atoms with Crippen molar-refractivity contribution in [1.29, 1.82) is 0 Å². The van der Waals surface area contributed by atoms with E-state index in [1.165, 1.54) is 56.1 Å². The molecule has 2 fully saturated rings. The number of likely N-dealkylation sites (tertiary alicyclic amines) is 1. The SMILES string of the molecule is O=C([O-])c1cccnc1.OC1CCN(C2(c3ccccc3)CCCCC2)CC1. The van der Waals surface area contributed by atoms with Gasteiger partial charge < -0.3 is 15.0 Å². The molecule has 4 rings (SSSR count). The molecule has 0 amide bonds. The van der Waals surface area contributed by atoms with Gasteiger partial charge in [-0.1, -0.05) is 55.7 Å². The molecule has 0 atom stereocenters.